The molecule has 0 N–H and O–H groups in total. The number of thioether (sulfide) groups is 1. The molecule has 2 aromatic carbocycles. The fourth-order valence-electron chi connectivity index (χ4n) is 2.41. The second kappa shape index (κ2) is 7.77. The standard InChI is InChI=1S/C17H13ClN6O2S/c1-25-14-9-5-4-8-13(14)24-17(21-22-23-24)27-10-15-19-20-16(26-15)11-6-2-3-7-12(11)18/h2-9H,10H2,1H3. The molecular weight excluding hydrogens is 388 g/mol. The summed E-state index contributed by atoms with van der Waals surface area (Å²) in [5.74, 6) is 1.91. The Balaban J connectivity index is 1.53. The van der Waals surface area contributed by atoms with Gasteiger partial charge in [-0.05, 0) is 34.7 Å². The number of rotatable bonds is 6. The molecule has 0 bridgehead atoms. The summed E-state index contributed by atoms with van der Waals surface area (Å²) in [5.41, 5.74) is 1.44. The van der Waals surface area contributed by atoms with Crippen molar-refractivity contribution in [3.63, 3.8) is 0 Å². The largest absolute Gasteiger partial charge is 0.494 e. The van der Waals surface area contributed by atoms with E-state index in [9.17, 15) is 0 Å². The van der Waals surface area contributed by atoms with Gasteiger partial charge in [0.25, 0.3) is 0 Å². The van der Waals surface area contributed by atoms with Gasteiger partial charge in [-0.3, -0.25) is 0 Å². The molecule has 0 spiro atoms. The number of hydrogen-bond donors (Lipinski definition) is 0. The Morgan fingerprint density at radius 3 is 2.74 bits per heavy atom. The van der Waals surface area contributed by atoms with Crippen LogP contribution in [-0.2, 0) is 5.75 Å². The molecule has 2 heterocycles. The highest BCUT2D eigenvalue weighted by atomic mass is 35.5. The van der Waals surface area contributed by atoms with Gasteiger partial charge >= 0.3 is 0 Å². The van der Waals surface area contributed by atoms with E-state index in [1.54, 1.807) is 17.9 Å². The molecule has 4 aromatic rings. The zero-order chi connectivity index (χ0) is 18.6. The van der Waals surface area contributed by atoms with Crippen LogP contribution in [0.2, 0.25) is 5.02 Å². The number of nitrogens with zero attached hydrogens (tertiary/aromatic N) is 6. The lowest BCUT2D eigenvalue weighted by molar-refractivity contribution is 0.410. The minimum Gasteiger partial charge on any atom is -0.494 e. The van der Waals surface area contributed by atoms with Gasteiger partial charge in [0.2, 0.25) is 16.9 Å². The molecule has 136 valence electrons. The molecule has 2 aromatic heterocycles. The van der Waals surface area contributed by atoms with Gasteiger partial charge in [-0.15, -0.1) is 15.3 Å². The molecule has 0 radical (unpaired) electrons. The molecule has 10 heteroatoms. The molecule has 0 amide bonds. The number of methoxy groups -OCH3 is 1. The van der Waals surface area contributed by atoms with Crippen molar-refractivity contribution in [1.82, 2.24) is 30.4 Å². The molecule has 0 aliphatic heterocycles. The van der Waals surface area contributed by atoms with Gasteiger partial charge in [0, 0.05) is 0 Å². The predicted octanol–water partition coefficient (Wildman–Crippen LogP) is 3.67. The van der Waals surface area contributed by atoms with Crippen LogP contribution in [0.5, 0.6) is 5.75 Å². The molecule has 27 heavy (non-hydrogen) atoms. The lowest BCUT2D eigenvalue weighted by atomic mass is 10.2. The lowest BCUT2D eigenvalue weighted by Gasteiger charge is -2.08. The zero-order valence-corrected chi connectivity index (χ0v) is 15.7. The molecule has 0 saturated carbocycles. The van der Waals surface area contributed by atoms with Crippen molar-refractivity contribution in [2.24, 2.45) is 0 Å². The summed E-state index contributed by atoms with van der Waals surface area (Å²) in [6.45, 7) is 0. The summed E-state index contributed by atoms with van der Waals surface area (Å²) in [5, 5.41) is 21.1. The topological polar surface area (TPSA) is 91.8 Å². The SMILES string of the molecule is COc1ccccc1-n1nnnc1SCc1nnc(-c2ccccc2Cl)o1. The third kappa shape index (κ3) is 3.64. The first-order valence-electron chi connectivity index (χ1n) is 7.88. The first-order chi connectivity index (χ1) is 13.3. The van der Waals surface area contributed by atoms with E-state index in [1.165, 1.54) is 11.8 Å². The van der Waals surface area contributed by atoms with Crippen LogP contribution in [0, 0.1) is 0 Å². The highest BCUT2D eigenvalue weighted by Gasteiger charge is 2.16. The van der Waals surface area contributed by atoms with E-state index in [0.29, 0.717) is 39.0 Å². The summed E-state index contributed by atoms with van der Waals surface area (Å²) >= 11 is 7.54. The Labute approximate surface area is 163 Å². The van der Waals surface area contributed by atoms with Crippen molar-refractivity contribution >= 4 is 23.4 Å². The number of halogens is 1. The van der Waals surface area contributed by atoms with Crippen LogP contribution in [-0.4, -0.2) is 37.5 Å². The predicted molar refractivity (Wildman–Crippen MR) is 100 cm³/mol. The third-order valence-electron chi connectivity index (χ3n) is 3.65. The second-order valence-electron chi connectivity index (χ2n) is 5.31. The smallest absolute Gasteiger partial charge is 0.249 e. The van der Waals surface area contributed by atoms with Gasteiger partial charge in [-0.1, -0.05) is 47.6 Å². The fourth-order valence-corrected chi connectivity index (χ4v) is 3.34. The fraction of sp³-hybridized carbons (Fsp3) is 0.118. The molecule has 0 unspecified atom stereocenters. The molecular formula is C17H13ClN6O2S. The maximum Gasteiger partial charge on any atom is 0.249 e. The van der Waals surface area contributed by atoms with Crippen LogP contribution in [0.15, 0.2) is 58.1 Å². The quantitative estimate of drug-likeness (QED) is 0.453. The Morgan fingerprint density at radius 2 is 1.89 bits per heavy atom. The number of aromatic nitrogens is 6. The zero-order valence-electron chi connectivity index (χ0n) is 14.1. The maximum atomic E-state index is 6.17. The average Bonchev–Trinajstić information content (AvgIpc) is 3.36. The van der Waals surface area contributed by atoms with Gasteiger partial charge in [0.15, 0.2) is 0 Å². The van der Waals surface area contributed by atoms with Crippen LogP contribution in [0.4, 0.5) is 0 Å². The highest BCUT2D eigenvalue weighted by Crippen LogP contribution is 2.29. The molecule has 0 saturated heterocycles. The summed E-state index contributed by atoms with van der Waals surface area (Å²) < 4.78 is 12.7. The van der Waals surface area contributed by atoms with Crippen LogP contribution in [0.3, 0.4) is 0 Å². The van der Waals surface area contributed by atoms with Crippen LogP contribution >= 0.6 is 23.4 Å². The molecule has 4 rings (SSSR count). The summed E-state index contributed by atoms with van der Waals surface area (Å²) in [6.07, 6.45) is 0. The average molecular weight is 401 g/mol. The molecule has 8 nitrogen and oxygen atoms in total. The minimum absolute atomic E-state index is 0.375. The van der Waals surface area contributed by atoms with Gasteiger partial charge in [0.05, 0.1) is 23.4 Å². The number of para-hydroxylation sites is 2. The van der Waals surface area contributed by atoms with E-state index in [0.717, 1.165) is 5.69 Å². The van der Waals surface area contributed by atoms with Crippen LogP contribution in [0.1, 0.15) is 5.89 Å². The van der Waals surface area contributed by atoms with Crippen molar-refractivity contribution in [2.45, 2.75) is 10.9 Å². The highest BCUT2D eigenvalue weighted by molar-refractivity contribution is 7.98. The molecule has 0 atom stereocenters. The first-order valence-corrected chi connectivity index (χ1v) is 9.24. The van der Waals surface area contributed by atoms with Crippen molar-refractivity contribution in [1.29, 1.82) is 0 Å². The Morgan fingerprint density at radius 1 is 1.07 bits per heavy atom. The van der Waals surface area contributed by atoms with Gasteiger partial charge in [-0.25, -0.2) is 0 Å². The number of ether oxygens (including phenoxy) is 1. The van der Waals surface area contributed by atoms with E-state index >= 15 is 0 Å². The van der Waals surface area contributed by atoms with Gasteiger partial charge in [-0.2, -0.15) is 4.68 Å². The van der Waals surface area contributed by atoms with E-state index in [2.05, 4.69) is 25.7 Å². The molecule has 0 aliphatic carbocycles. The van der Waals surface area contributed by atoms with E-state index in [4.69, 9.17) is 20.8 Å². The minimum atomic E-state index is 0.375. The van der Waals surface area contributed by atoms with Crippen molar-refractivity contribution in [2.75, 3.05) is 7.11 Å². The maximum absolute atomic E-state index is 6.17. The van der Waals surface area contributed by atoms with Crippen molar-refractivity contribution in [3.05, 3.63) is 59.4 Å². The van der Waals surface area contributed by atoms with Crippen molar-refractivity contribution in [3.8, 4) is 22.9 Å². The summed E-state index contributed by atoms with van der Waals surface area (Å²) in [7, 11) is 1.60. The van der Waals surface area contributed by atoms with E-state index in [1.807, 2.05) is 42.5 Å². The molecule has 0 fully saturated rings. The van der Waals surface area contributed by atoms with Crippen LogP contribution < -0.4 is 4.74 Å². The van der Waals surface area contributed by atoms with Gasteiger partial charge < -0.3 is 9.15 Å². The summed E-state index contributed by atoms with van der Waals surface area (Å²) in [4.78, 5) is 0. The third-order valence-corrected chi connectivity index (χ3v) is 4.88. The number of tetrazole rings is 1. The Bertz CT molecular complexity index is 1070. The molecule has 0 aliphatic rings. The second-order valence-corrected chi connectivity index (χ2v) is 6.66. The first kappa shape index (κ1) is 17.5. The van der Waals surface area contributed by atoms with E-state index < -0.39 is 0 Å². The normalized spacial score (nSPS) is 10.9. The lowest BCUT2D eigenvalue weighted by Crippen LogP contribution is -2.01. The number of benzene rings is 2. The Hall–Kier alpha value is -2.91. The van der Waals surface area contributed by atoms with E-state index in [-0.39, 0.29) is 0 Å². The monoisotopic (exact) mass is 400 g/mol. The van der Waals surface area contributed by atoms with Crippen molar-refractivity contribution < 1.29 is 9.15 Å². The summed E-state index contributed by atoms with van der Waals surface area (Å²) in [6, 6.07) is 14.8. The van der Waals surface area contributed by atoms with Gasteiger partial charge in [0.1, 0.15) is 11.4 Å². The number of hydrogen-bond acceptors (Lipinski definition) is 8. The Kier molecular flexibility index (Phi) is 5.03. The van der Waals surface area contributed by atoms with Crippen LogP contribution in [0.25, 0.3) is 17.1 Å².